The van der Waals surface area contributed by atoms with Crippen molar-refractivity contribution in [1.82, 2.24) is 0 Å². The van der Waals surface area contributed by atoms with Crippen LogP contribution in [-0.4, -0.2) is 23.8 Å². The van der Waals surface area contributed by atoms with E-state index in [0.29, 0.717) is 18.0 Å². The van der Waals surface area contributed by atoms with E-state index in [1.165, 1.54) is 43.4 Å². The lowest BCUT2D eigenvalue weighted by Crippen LogP contribution is -2.28. The Balaban J connectivity index is 2.04. The second kappa shape index (κ2) is 10.5. The van der Waals surface area contributed by atoms with Crippen LogP contribution < -0.4 is 10.2 Å². The van der Waals surface area contributed by atoms with Gasteiger partial charge in [-0.15, -0.1) is 0 Å². The van der Waals surface area contributed by atoms with E-state index in [2.05, 4.69) is 19.2 Å². The van der Waals surface area contributed by atoms with Gasteiger partial charge in [-0.25, -0.2) is 4.39 Å². The van der Waals surface area contributed by atoms with Crippen LogP contribution in [0.4, 0.5) is 21.5 Å². The molecule has 182 valence electrons. The van der Waals surface area contributed by atoms with Gasteiger partial charge < -0.3 is 10.2 Å². The lowest BCUT2D eigenvalue weighted by Gasteiger charge is -2.20. The number of benzene rings is 3. The van der Waals surface area contributed by atoms with Crippen molar-refractivity contribution >= 4 is 28.9 Å². The monoisotopic (exact) mass is 477 g/mol. The topological polar surface area (TPSA) is 92.6 Å². The van der Waals surface area contributed by atoms with E-state index >= 15 is 0 Å². The normalized spacial score (nSPS) is 10.8. The fraction of sp³-hybridized carbons (Fsp3) is 0.259. The zero-order valence-electron chi connectivity index (χ0n) is 20.4. The lowest BCUT2D eigenvalue weighted by molar-refractivity contribution is -0.384. The first kappa shape index (κ1) is 25.6. The van der Waals surface area contributed by atoms with E-state index in [0.717, 1.165) is 27.7 Å². The molecule has 1 N–H and O–H groups in total. The van der Waals surface area contributed by atoms with Crippen LogP contribution >= 0.6 is 0 Å². The predicted octanol–water partition coefficient (Wildman–Crippen LogP) is 6.26. The molecule has 0 aliphatic rings. The van der Waals surface area contributed by atoms with Crippen molar-refractivity contribution in [3.8, 4) is 0 Å². The summed E-state index contributed by atoms with van der Waals surface area (Å²) in [5.41, 5.74) is 2.45. The Morgan fingerprint density at radius 2 is 1.74 bits per heavy atom. The summed E-state index contributed by atoms with van der Waals surface area (Å²) in [6.07, 6.45) is 0.666. The Bertz CT molecular complexity index is 1300. The van der Waals surface area contributed by atoms with Gasteiger partial charge in [0.2, 0.25) is 0 Å². The van der Waals surface area contributed by atoms with Gasteiger partial charge in [0.1, 0.15) is 17.1 Å². The predicted molar refractivity (Wildman–Crippen MR) is 135 cm³/mol. The van der Waals surface area contributed by atoms with Crippen molar-refractivity contribution in [2.24, 2.45) is 0 Å². The summed E-state index contributed by atoms with van der Waals surface area (Å²) < 4.78 is 14.2. The fourth-order valence-electron chi connectivity index (χ4n) is 3.96. The van der Waals surface area contributed by atoms with Crippen LogP contribution in [-0.2, 0) is 6.42 Å². The minimum atomic E-state index is -0.767. The van der Waals surface area contributed by atoms with Crippen molar-refractivity contribution in [3.05, 3.63) is 98.3 Å². The Labute approximate surface area is 203 Å². The van der Waals surface area contributed by atoms with Crippen LogP contribution in [0.15, 0.2) is 54.6 Å². The third-order valence-corrected chi connectivity index (χ3v) is 5.94. The standard InChI is InChI=1S/C27H28FN3O4/c1-6-18-15-19(16(2)3)14-17(4)24(18)29-26(32)21-11-9-13-23(25(21)31(34)35)30(5)27(33)20-10-7-8-12-22(20)28/h7-16H,6H2,1-5H3,(H,29,32). The van der Waals surface area contributed by atoms with Gasteiger partial charge in [-0.3, -0.25) is 19.7 Å². The largest absolute Gasteiger partial charge is 0.321 e. The number of nitrogens with zero attached hydrogens (tertiary/aromatic N) is 2. The van der Waals surface area contributed by atoms with Gasteiger partial charge in [0.05, 0.1) is 10.5 Å². The summed E-state index contributed by atoms with van der Waals surface area (Å²) in [5.74, 6) is -1.87. The maximum Gasteiger partial charge on any atom is 0.305 e. The highest BCUT2D eigenvalue weighted by Gasteiger charge is 2.30. The molecule has 0 saturated heterocycles. The second-order valence-electron chi connectivity index (χ2n) is 8.61. The highest BCUT2D eigenvalue weighted by atomic mass is 19.1. The first-order chi connectivity index (χ1) is 16.6. The van der Waals surface area contributed by atoms with E-state index in [1.807, 2.05) is 26.0 Å². The Morgan fingerprint density at radius 3 is 2.34 bits per heavy atom. The summed E-state index contributed by atoms with van der Waals surface area (Å²) in [7, 11) is 1.31. The lowest BCUT2D eigenvalue weighted by atomic mass is 9.95. The highest BCUT2D eigenvalue weighted by molar-refractivity contribution is 6.12. The number of rotatable bonds is 7. The van der Waals surface area contributed by atoms with Crippen LogP contribution in [0.5, 0.6) is 0 Å². The fourth-order valence-corrected chi connectivity index (χ4v) is 3.96. The molecule has 0 aliphatic carbocycles. The number of amides is 2. The smallest absolute Gasteiger partial charge is 0.305 e. The first-order valence-electron chi connectivity index (χ1n) is 11.3. The zero-order chi connectivity index (χ0) is 25.9. The molecular weight excluding hydrogens is 449 g/mol. The van der Waals surface area contributed by atoms with E-state index in [4.69, 9.17) is 0 Å². The minimum absolute atomic E-state index is 0.113. The number of hydrogen-bond acceptors (Lipinski definition) is 4. The summed E-state index contributed by atoms with van der Waals surface area (Å²) in [4.78, 5) is 38.5. The van der Waals surface area contributed by atoms with E-state index in [9.17, 15) is 24.1 Å². The number of nitrogens with one attached hydrogen (secondary N) is 1. The number of anilines is 2. The number of nitro benzene ring substituents is 1. The number of nitro groups is 1. The highest BCUT2D eigenvalue weighted by Crippen LogP contribution is 2.34. The molecule has 0 heterocycles. The third kappa shape index (κ3) is 5.21. The molecular formula is C27H28FN3O4. The summed E-state index contributed by atoms with van der Waals surface area (Å²) in [6, 6.07) is 13.5. The molecule has 0 radical (unpaired) electrons. The van der Waals surface area contributed by atoms with Gasteiger partial charge in [-0.1, -0.05) is 51.1 Å². The van der Waals surface area contributed by atoms with Crippen LogP contribution in [0.1, 0.15) is 64.1 Å². The Morgan fingerprint density at radius 1 is 1.09 bits per heavy atom. The zero-order valence-corrected chi connectivity index (χ0v) is 20.4. The molecule has 0 atom stereocenters. The molecule has 0 aromatic heterocycles. The number of para-hydroxylation sites is 1. The average molecular weight is 478 g/mol. The minimum Gasteiger partial charge on any atom is -0.321 e. The Kier molecular flexibility index (Phi) is 7.64. The van der Waals surface area contributed by atoms with E-state index in [-0.39, 0.29) is 16.8 Å². The van der Waals surface area contributed by atoms with Crippen molar-refractivity contribution < 1.29 is 18.9 Å². The summed E-state index contributed by atoms with van der Waals surface area (Å²) in [5, 5.41) is 14.9. The van der Waals surface area contributed by atoms with Gasteiger partial charge in [0.25, 0.3) is 11.8 Å². The number of halogens is 1. The maximum absolute atomic E-state index is 14.2. The van der Waals surface area contributed by atoms with Gasteiger partial charge in [0.15, 0.2) is 0 Å². The number of carbonyl (C=O) groups excluding carboxylic acids is 2. The molecule has 3 aromatic carbocycles. The first-order valence-corrected chi connectivity index (χ1v) is 11.3. The maximum atomic E-state index is 14.2. The van der Waals surface area contributed by atoms with Gasteiger partial charge >= 0.3 is 5.69 Å². The van der Waals surface area contributed by atoms with E-state index in [1.54, 1.807) is 0 Å². The summed E-state index contributed by atoms with van der Waals surface area (Å²) in [6.45, 7) is 8.02. The molecule has 2 amide bonds. The molecule has 0 aliphatic heterocycles. The van der Waals surface area contributed by atoms with Crippen molar-refractivity contribution in [3.63, 3.8) is 0 Å². The molecule has 35 heavy (non-hydrogen) atoms. The molecule has 8 heteroatoms. The molecule has 3 aromatic rings. The van der Waals surface area contributed by atoms with Crippen LogP contribution in [0.2, 0.25) is 0 Å². The third-order valence-electron chi connectivity index (χ3n) is 5.94. The molecule has 0 saturated carbocycles. The van der Waals surface area contributed by atoms with Gasteiger partial charge in [-0.05, 0) is 60.2 Å². The quantitative estimate of drug-likeness (QED) is 0.321. The second-order valence-corrected chi connectivity index (χ2v) is 8.61. The molecule has 7 nitrogen and oxygen atoms in total. The van der Waals surface area contributed by atoms with E-state index < -0.39 is 28.2 Å². The van der Waals surface area contributed by atoms with Crippen LogP contribution in [0.25, 0.3) is 0 Å². The molecule has 0 fully saturated rings. The molecule has 0 unspecified atom stereocenters. The Hall–Kier alpha value is -4.07. The van der Waals surface area contributed by atoms with Crippen LogP contribution in [0, 0.1) is 22.9 Å². The van der Waals surface area contributed by atoms with Crippen molar-refractivity contribution in [2.75, 3.05) is 17.3 Å². The number of hydrogen-bond donors (Lipinski definition) is 1. The molecule has 0 bridgehead atoms. The molecule has 3 rings (SSSR count). The average Bonchev–Trinajstić information content (AvgIpc) is 2.83. The van der Waals surface area contributed by atoms with Gasteiger partial charge in [0, 0.05) is 12.7 Å². The van der Waals surface area contributed by atoms with Gasteiger partial charge in [-0.2, -0.15) is 0 Å². The van der Waals surface area contributed by atoms with Crippen molar-refractivity contribution in [2.45, 2.75) is 40.0 Å². The van der Waals surface area contributed by atoms with Crippen LogP contribution in [0.3, 0.4) is 0 Å². The summed E-state index contributed by atoms with van der Waals surface area (Å²) >= 11 is 0. The number of carbonyl (C=O) groups is 2. The molecule has 0 spiro atoms. The SMILES string of the molecule is CCc1cc(C(C)C)cc(C)c1NC(=O)c1cccc(N(C)C(=O)c2ccccc2F)c1[N+](=O)[O-]. The van der Waals surface area contributed by atoms with Crippen molar-refractivity contribution in [1.29, 1.82) is 0 Å². The number of aryl methyl sites for hydroxylation is 2.